The molecule has 0 aromatic rings. The van der Waals surface area contributed by atoms with Crippen molar-refractivity contribution in [2.45, 2.75) is 136 Å². The van der Waals surface area contributed by atoms with Gasteiger partial charge >= 0.3 is 0 Å². The van der Waals surface area contributed by atoms with Crippen LogP contribution in [-0.2, 0) is 4.79 Å². The molecular weight excluding hydrogens is 322 g/mol. The standard InChI is InChI=1S/C23H47NO2/c1-3-5-6-7-8-9-10-11-14-17-21-24-23(26)20-16-13-12-15-19-22(25)18-4-2/h22,25H,3-21H2,1-2H3,(H,24,26). The van der Waals surface area contributed by atoms with Crippen LogP contribution < -0.4 is 5.32 Å². The quantitative estimate of drug-likeness (QED) is 0.240. The Morgan fingerprint density at radius 3 is 1.85 bits per heavy atom. The van der Waals surface area contributed by atoms with Gasteiger partial charge in [-0.3, -0.25) is 4.79 Å². The van der Waals surface area contributed by atoms with Crippen molar-refractivity contribution in [2.75, 3.05) is 6.54 Å². The normalized spacial score (nSPS) is 12.3. The summed E-state index contributed by atoms with van der Waals surface area (Å²) in [6, 6.07) is 0. The van der Waals surface area contributed by atoms with Gasteiger partial charge in [0.05, 0.1) is 6.10 Å². The number of hydrogen-bond donors (Lipinski definition) is 2. The van der Waals surface area contributed by atoms with Gasteiger partial charge in [0.1, 0.15) is 0 Å². The summed E-state index contributed by atoms with van der Waals surface area (Å²) < 4.78 is 0. The minimum Gasteiger partial charge on any atom is -0.393 e. The average Bonchev–Trinajstić information content (AvgIpc) is 2.62. The molecule has 0 saturated heterocycles. The second kappa shape index (κ2) is 20.7. The van der Waals surface area contributed by atoms with Crippen LogP contribution in [0.3, 0.4) is 0 Å². The Hall–Kier alpha value is -0.570. The Labute approximate surface area is 163 Å². The summed E-state index contributed by atoms with van der Waals surface area (Å²) in [5.41, 5.74) is 0. The third-order valence-electron chi connectivity index (χ3n) is 5.17. The molecule has 0 aliphatic heterocycles. The Bertz CT molecular complexity index is 294. The fourth-order valence-electron chi connectivity index (χ4n) is 3.43. The summed E-state index contributed by atoms with van der Waals surface area (Å²) in [7, 11) is 0. The van der Waals surface area contributed by atoms with Crippen LogP contribution in [-0.4, -0.2) is 23.7 Å². The van der Waals surface area contributed by atoms with E-state index >= 15 is 0 Å². The monoisotopic (exact) mass is 369 g/mol. The van der Waals surface area contributed by atoms with E-state index in [9.17, 15) is 9.90 Å². The van der Waals surface area contributed by atoms with Crippen LogP contribution >= 0.6 is 0 Å². The van der Waals surface area contributed by atoms with Crippen LogP contribution in [0.1, 0.15) is 129 Å². The van der Waals surface area contributed by atoms with E-state index in [2.05, 4.69) is 19.2 Å². The van der Waals surface area contributed by atoms with E-state index in [0.29, 0.717) is 6.42 Å². The highest BCUT2D eigenvalue weighted by Gasteiger charge is 2.03. The van der Waals surface area contributed by atoms with Crippen LogP contribution in [0.5, 0.6) is 0 Å². The zero-order valence-corrected chi connectivity index (χ0v) is 17.9. The molecule has 26 heavy (non-hydrogen) atoms. The number of carbonyl (C=O) groups excluding carboxylic acids is 1. The third kappa shape index (κ3) is 19.8. The molecule has 0 aromatic carbocycles. The zero-order chi connectivity index (χ0) is 19.3. The van der Waals surface area contributed by atoms with Gasteiger partial charge in [0.15, 0.2) is 0 Å². The molecule has 3 heteroatoms. The van der Waals surface area contributed by atoms with E-state index in [1.165, 1.54) is 57.8 Å². The maximum absolute atomic E-state index is 11.8. The molecule has 0 radical (unpaired) electrons. The highest BCUT2D eigenvalue weighted by Crippen LogP contribution is 2.11. The first-order chi connectivity index (χ1) is 12.7. The first-order valence-corrected chi connectivity index (χ1v) is 11.7. The van der Waals surface area contributed by atoms with Gasteiger partial charge in [0.2, 0.25) is 5.91 Å². The number of nitrogens with one attached hydrogen (secondary N) is 1. The maximum atomic E-state index is 11.8. The molecule has 3 nitrogen and oxygen atoms in total. The van der Waals surface area contributed by atoms with E-state index in [1.54, 1.807) is 0 Å². The van der Waals surface area contributed by atoms with Crippen LogP contribution in [0, 0.1) is 0 Å². The molecule has 0 bridgehead atoms. The van der Waals surface area contributed by atoms with Crippen molar-refractivity contribution < 1.29 is 9.90 Å². The van der Waals surface area contributed by atoms with E-state index in [1.807, 2.05) is 0 Å². The Balaban J connectivity index is 3.20. The van der Waals surface area contributed by atoms with Crippen molar-refractivity contribution in [1.29, 1.82) is 0 Å². The van der Waals surface area contributed by atoms with Gasteiger partial charge in [-0.2, -0.15) is 0 Å². The van der Waals surface area contributed by atoms with Crippen molar-refractivity contribution in [3.8, 4) is 0 Å². The van der Waals surface area contributed by atoms with Crippen LogP contribution in [0.2, 0.25) is 0 Å². The average molecular weight is 370 g/mol. The van der Waals surface area contributed by atoms with E-state index < -0.39 is 0 Å². The molecule has 1 amide bonds. The number of amides is 1. The lowest BCUT2D eigenvalue weighted by Gasteiger charge is -2.08. The first-order valence-electron chi connectivity index (χ1n) is 11.7. The number of carbonyl (C=O) groups is 1. The summed E-state index contributed by atoms with van der Waals surface area (Å²) in [5.74, 6) is 0.215. The van der Waals surface area contributed by atoms with Crippen molar-refractivity contribution in [2.24, 2.45) is 0 Å². The summed E-state index contributed by atoms with van der Waals surface area (Å²) in [5, 5.41) is 12.7. The van der Waals surface area contributed by atoms with Gasteiger partial charge in [0.25, 0.3) is 0 Å². The molecule has 1 atom stereocenters. The van der Waals surface area contributed by atoms with Gasteiger partial charge < -0.3 is 10.4 Å². The Morgan fingerprint density at radius 1 is 0.692 bits per heavy atom. The predicted octanol–water partition coefficient (Wildman–Crippen LogP) is 6.53. The smallest absolute Gasteiger partial charge is 0.219 e. The number of aliphatic hydroxyl groups is 1. The molecule has 0 aliphatic carbocycles. The summed E-state index contributed by atoms with van der Waals surface area (Å²) in [4.78, 5) is 11.8. The number of aliphatic hydroxyl groups excluding tert-OH is 1. The fourth-order valence-corrected chi connectivity index (χ4v) is 3.43. The molecular formula is C23H47NO2. The molecule has 0 rings (SSSR count). The van der Waals surface area contributed by atoms with Crippen molar-refractivity contribution in [3.05, 3.63) is 0 Å². The molecule has 0 aromatic heterocycles. The van der Waals surface area contributed by atoms with Crippen LogP contribution in [0.15, 0.2) is 0 Å². The van der Waals surface area contributed by atoms with Crippen molar-refractivity contribution in [3.63, 3.8) is 0 Å². The summed E-state index contributed by atoms with van der Waals surface area (Å²) in [6.07, 6.45) is 21.1. The number of unbranched alkanes of at least 4 members (excludes halogenated alkanes) is 12. The highest BCUT2D eigenvalue weighted by molar-refractivity contribution is 5.75. The summed E-state index contributed by atoms with van der Waals surface area (Å²) >= 11 is 0. The minimum absolute atomic E-state index is 0.121. The first kappa shape index (κ1) is 25.4. The van der Waals surface area contributed by atoms with E-state index in [-0.39, 0.29) is 12.0 Å². The van der Waals surface area contributed by atoms with Crippen molar-refractivity contribution >= 4 is 5.91 Å². The highest BCUT2D eigenvalue weighted by atomic mass is 16.3. The molecule has 0 spiro atoms. The predicted molar refractivity (Wildman–Crippen MR) is 113 cm³/mol. The SMILES string of the molecule is CCCCCCCCCCCCNC(=O)CCCCCCC(O)CCC. The molecule has 2 N–H and O–H groups in total. The fraction of sp³-hybridized carbons (Fsp3) is 0.957. The zero-order valence-electron chi connectivity index (χ0n) is 17.9. The molecule has 0 heterocycles. The number of hydrogen-bond acceptors (Lipinski definition) is 2. The van der Waals surface area contributed by atoms with E-state index in [0.717, 1.165) is 57.9 Å². The molecule has 0 fully saturated rings. The topological polar surface area (TPSA) is 49.3 Å². The minimum atomic E-state index is -0.121. The van der Waals surface area contributed by atoms with Crippen molar-refractivity contribution in [1.82, 2.24) is 5.32 Å². The van der Waals surface area contributed by atoms with E-state index in [4.69, 9.17) is 0 Å². The van der Waals surface area contributed by atoms with Crippen LogP contribution in [0.4, 0.5) is 0 Å². The van der Waals surface area contributed by atoms with Gasteiger partial charge in [-0.05, 0) is 25.7 Å². The van der Waals surface area contributed by atoms with Gasteiger partial charge in [-0.25, -0.2) is 0 Å². The Morgan fingerprint density at radius 2 is 1.23 bits per heavy atom. The van der Waals surface area contributed by atoms with Gasteiger partial charge in [0, 0.05) is 13.0 Å². The molecule has 0 aliphatic rings. The maximum Gasteiger partial charge on any atom is 0.219 e. The Kier molecular flexibility index (Phi) is 20.3. The third-order valence-corrected chi connectivity index (χ3v) is 5.17. The largest absolute Gasteiger partial charge is 0.393 e. The molecule has 1 unspecified atom stereocenters. The van der Waals surface area contributed by atoms with Gasteiger partial charge in [-0.1, -0.05) is 97.3 Å². The lowest BCUT2D eigenvalue weighted by atomic mass is 10.0. The number of rotatable bonds is 20. The van der Waals surface area contributed by atoms with Gasteiger partial charge in [-0.15, -0.1) is 0 Å². The van der Waals surface area contributed by atoms with Crippen LogP contribution in [0.25, 0.3) is 0 Å². The second-order valence-corrected chi connectivity index (χ2v) is 7.93. The molecule has 156 valence electrons. The summed E-state index contributed by atoms with van der Waals surface area (Å²) in [6.45, 7) is 5.22. The lowest BCUT2D eigenvalue weighted by molar-refractivity contribution is -0.121. The second-order valence-electron chi connectivity index (χ2n) is 7.93. The molecule has 0 saturated carbocycles. The lowest BCUT2D eigenvalue weighted by Crippen LogP contribution is -2.23.